The van der Waals surface area contributed by atoms with E-state index < -0.39 is 10.8 Å². The van der Waals surface area contributed by atoms with Crippen molar-refractivity contribution < 1.29 is 13.7 Å². The van der Waals surface area contributed by atoms with Crippen LogP contribution in [-0.4, -0.2) is 28.9 Å². The Kier molecular flexibility index (Phi) is 5.38. The van der Waals surface area contributed by atoms with Crippen molar-refractivity contribution in [1.82, 2.24) is 0 Å². The second-order valence-electron chi connectivity index (χ2n) is 5.35. The zero-order chi connectivity index (χ0) is 14.6. The second kappa shape index (κ2) is 6.39. The average Bonchev–Trinajstić information content (AvgIpc) is 2.36. The number of benzene rings is 1. The molecule has 0 spiro atoms. The van der Waals surface area contributed by atoms with Crippen molar-refractivity contribution in [2.75, 3.05) is 20.0 Å². The summed E-state index contributed by atoms with van der Waals surface area (Å²) < 4.78 is 22.3. The first-order valence-electron chi connectivity index (χ1n) is 6.15. The molecule has 1 aromatic carbocycles. The molecule has 0 amide bonds. The van der Waals surface area contributed by atoms with Gasteiger partial charge in [-0.15, -0.1) is 0 Å². The van der Waals surface area contributed by atoms with Gasteiger partial charge >= 0.3 is 0 Å². The van der Waals surface area contributed by atoms with E-state index in [4.69, 9.17) is 15.2 Å². The molecule has 0 aromatic heterocycles. The van der Waals surface area contributed by atoms with Crippen LogP contribution in [0, 0.1) is 0 Å². The van der Waals surface area contributed by atoms with Crippen LogP contribution in [0.2, 0.25) is 0 Å². The molecule has 0 heterocycles. The summed E-state index contributed by atoms with van der Waals surface area (Å²) in [7, 11) is 2.19. The van der Waals surface area contributed by atoms with Gasteiger partial charge in [-0.3, -0.25) is 4.21 Å². The molecule has 1 rings (SSSR count). The van der Waals surface area contributed by atoms with Gasteiger partial charge in [0, 0.05) is 27.3 Å². The fourth-order valence-corrected chi connectivity index (χ4v) is 2.61. The second-order valence-corrected chi connectivity index (χ2v) is 7.59. The lowest BCUT2D eigenvalue weighted by Gasteiger charge is -2.21. The first-order valence-corrected chi connectivity index (χ1v) is 7.47. The zero-order valence-electron chi connectivity index (χ0n) is 12.2. The Morgan fingerprint density at radius 2 is 1.79 bits per heavy atom. The number of ether oxygens (including phenoxy) is 2. The maximum atomic E-state index is 12.1. The number of hydrogen-bond acceptors (Lipinski definition) is 4. The van der Waals surface area contributed by atoms with E-state index in [2.05, 4.69) is 0 Å². The molecule has 2 unspecified atom stereocenters. The van der Waals surface area contributed by atoms with Gasteiger partial charge in [0.25, 0.3) is 0 Å². The van der Waals surface area contributed by atoms with Gasteiger partial charge < -0.3 is 15.2 Å². The Labute approximate surface area is 117 Å². The van der Waals surface area contributed by atoms with Crippen LogP contribution < -0.4 is 15.2 Å². The van der Waals surface area contributed by atoms with Gasteiger partial charge in [-0.1, -0.05) is 6.07 Å². The molecule has 0 saturated heterocycles. The van der Waals surface area contributed by atoms with Crippen LogP contribution in [0.5, 0.6) is 11.5 Å². The lowest BCUT2D eigenvalue weighted by Crippen LogP contribution is -2.29. The molecule has 5 heteroatoms. The summed E-state index contributed by atoms with van der Waals surface area (Å²) in [5, 5.41) is 0. The van der Waals surface area contributed by atoms with Crippen LogP contribution >= 0.6 is 0 Å². The van der Waals surface area contributed by atoms with Crippen LogP contribution in [0.3, 0.4) is 0 Å². The van der Waals surface area contributed by atoms with E-state index in [1.54, 1.807) is 14.2 Å². The van der Waals surface area contributed by atoms with Gasteiger partial charge in [-0.05, 0) is 38.5 Å². The number of rotatable bonds is 5. The summed E-state index contributed by atoms with van der Waals surface area (Å²) in [5.74, 6) is 1.73. The highest BCUT2D eigenvalue weighted by molar-refractivity contribution is 7.86. The van der Waals surface area contributed by atoms with Gasteiger partial charge in [0.15, 0.2) is 11.5 Å². The highest BCUT2D eigenvalue weighted by atomic mass is 32.2. The Morgan fingerprint density at radius 3 is 2.26 bits per heavy atom. The van der Waals surface area contributed by atoms with Gasteiger partial charge in [-0.25, -0.2) is 0 Å². The minimum atomic E-state index is -0.981. The van der Waals surface area contributed by atoms with E-state index in [0.717, 1.165) is 5.56 Å². The number of hydrogen-bond donors (Lipinski definition) is 1. The van der Waals surface area contributed by atoms with Gasteiger partial charge in [0.1, 0.15) is 0 Å². The molecule has 0 aliphatic carbocycles. The van der Waals surface area contributed by atoms with Gasteiger partial charge in [0.2, 0.25) is 0 Å². The third-order valence-corrected chi connectivity index (χ3v) is 4.88. The first-order chi connectivity index (χ1) is 8.79. The molecule has 1 aromatic rings. The Morgan fingerprint density at radius 1 is 1.21 bits per heavy atom. The van der Waals surface area contributed by atoms with Crippen molar-refractivity contribution in [3.8, 4) is 11.5 Å². The van der Waals surface area contributed by atoms with Crippen molar-refractivity contribution in [3.05, 3.63) is 23.8 Å². The molecule has 0 aliphatic rings. The van der Waals surface area contributed by atoms with Crippen LogP contribution in [0.1, 0.15) is 32.4 Å². The average molecular weight is 285 g/mol. The molecule has 108 valence electrons. The van der Waals surface area contributed by atoms with Crippen LogP contribution in [0.4, 0.5) is 0 Å². The third-order valence-electron chi connectivity index (χ3n) is 2.85. The van der Waals surface area contributed by atoms with Crippen molar-refractivity contribution in [2.24, 2.45) is 5.73 Å². The highest BCUT2D eigenvalue weighted by Crippen LogP contribution is 2.30. The molecular weight excluding hydrogens is 262 g/mol. The standard InChI is InChI=1S/C14H23NO3S/c1-14(2,3)19(16)9-11(15)10-6-7-12(17-4)13(8-10)18-5/h6-8,11H,9,15H2,1-5H3. The summed E-state index contributed by atoms with van der Waals surface area (Å²) in [5.41, 5.74) is 7.02. The SMILES string of the molecule is COc1ccc(C(N)CS(=O)C(C)(C)C)cc1OC. The Hall–Kier alpha value is -1.07. The predicted molar refractivity (Wildman–Crippen MR) is 79.2 cm³/mol. The van der Waals surface area contributed by atoms with Crippen LogP contribution in [0.15, 0.2) is 18.2 Å². The van der Waals surface area contributed by atoms with Crippen molar-refractivity contribution >= 4 is 10.8 Å². The summed E-state index contributed by atoms with van der Waals surface area (Å²) in [4.78, 5) is 0. The van der Waals surface area contributed by atoms with E-state index in [9.17, 15) is 4.21 Å². The summed E-state index contributed by atoms with van der Waals surface area (Å²) in [6.45, 7) is 5.85. The predicted octanol–water partition coefficient (Wildman–Crippen LogP) is 2.25. The minimum absolute atomic E-state index is 0.256. The molecule has 0 saturated carbocycles. The fourth-order valence-electron chi connectivity index (χ4n) is 1.59. The summed E-state index contributed by atoms with van der Waals surface area (Å²) in [6.07, 6.45) is 0. The van der Waals surface area contributed by atoms with Crippen molar-refractivity contribution in [3.63, 3.8) is 0 Å². The molecular formula is C14H23NO3S. The molecule has 0 aliphatic heterocycles. The quantitative estimate of drug-likeness (QED) is 0.901. The fraction of sp³-hybridized carbons (Fsp3) is 0.571. The first kappa shape index (κ1) is 16.0. The molecule has 0 bridgehead atoms. The zero-order valence-corrected chi connectivity index (χ0v) is 13.0. The summed E-state index contributed by atoms with van der Waals surface area (Å²) >= 11 is 0. The topological polar surface area (TPSA) is 61.5 Å². The normalized spacial score (nSPS) is 14.8. The smallest absolute Gasteiger partial charge is 0.161 e. The Bertz CT molecular complexity index is 454. The summed E-state index contributed by atoms with van der Waals surface area (Å²) in [6, 6.07) is 5.25. The van der Waals surface area contributed by atoms with Crippen molar-refractivity contribution in [2.45, 2.75) is 31.6 Å². The number of methoxy groups -OCH3 is 2. The minimum Gasteiger partial charge on any atom is -0.493 e. The third kappa shape index (κ3) is 4.21. The van der Waals surface area contributed by atoms with Crippen LogP contribution in [-0.2, 0) is 10.8 Å². The maximum absolute atomic E-state index is 12.1. The monoisotopic (exact) mass is 285 g/mol. The molecule has 0 fully saturated rings. The molecule has 4 nitrogen and oxygen atoms in total. The van der Waals surface area contributed by atoms with Gasteiger partial charge in [-0.2, -0.15) is 0 Å². The van der Waals surface area contributed by atoms with Gasteiger partial charge in [0.05, 0.1) is 14.2 Å². The van der Waals surface area contributed by atoms with E-state index in [1.165, 1.54) is 0 Å². The Balaban J connectivity index is 2.89. The maximum Gasteiger partial charge on any atom is 0.161 e. The molecule has 2 atom stereocenters. The largest absolute Gasteiger partial charge is 0.493 e. The molecule has 0 radical (unpaired) electrons. The molecule has 2 N–H and O–H groups in total. The number of nitrogens with two attached hydrogens (primary N) is 1. The van der Waals surface area contributed by atoms with E-state index in [-0.39, 0.29) is 10.8 Å². The van der Waals surface area contributed by atoms with E-state index in [1.807, 2.05) is 39.0 Å². The molecule has 19 heavy (non-hydrogen) atoms. The lowest BCUT2D eigenvalue weighted by molar-refractivity contribution is 0.354. The highest BCUT2D eigenvalue weighted by Gasteiger charge is 2.22. The van der Waals surface area contributed by atoms with E-state index >= 15 is 0 Å². The van der Waals surface area contributed by atoms with Crippen LogP contribution in [0.25, 0.3) is 0 Å². The van der Waals surface area contributed by atoms with Crippen molar-refractivity contribution in [1.29, 1.82) is 0 Å². The lowest BCUT2D eigenvalue weighted by atomic mass is 10.1. The van der Waals surface area contributed by atoms with E-state index in [0.29, 0.717) is 17.3 Å².